The molecule has 21 heavy (non-hydrogen) atoms. The monoisotopic (exact) mass is 329 g/mol. The van der Waals surface area contributed by atoms with Gasteiger partial charge in [-0.25, -0.2) is 9.67 Å². The zero-order chi connectivity index (χ0) is 13.3. The van der Waals surface area contributed by atoms with E-state index in [2.05, 4.69) is 15.4 Å². The predicted molar refractivity (Wildman–Crippen MR) is 84.8 cm³/mol. The van der Waals surface area contributed by atoms with Crippen LogP contribution in [0.4, 0.5) is 5.69 Å². The summed E-state index contributed by atoms with van der Waals surface area (Å²) in [4.78, 5) is 15.7. The van der Waals surface area contributed by atoms with Crippen LogP contribution < -0.4 is 11.1 Å². The minimum atomic E-state index is -0.639. The summed E-state index contributed by atoms with van der Waals surface area (Å²) in [6, 6.07) is 7.65. The molecule has 0 saturated heterocycles. The quantitative estimate of drug-likeness (QED) is 0.892. The van der Waals surface area contributed by atoms with Crippen LogP contribution in [0.1, 0.15) is 18.4 Å². The van der Waals surface area contributed by atoms with E-state index in [9.17, 15) is 4.79 Å². The molecule has 1 heterocycles. The van der Waals surface area contributed by atoms with E-state index in [4.69, 9.17) is 5.73 Å². The number of rotatable bonds is 4. The van der Waals surface area contributed by atoms with E-state index in [1.807, 2.05) is 24.3 Å². The lowest BCUT2D eigenvalue weighted by molar-refractivity contribution is -0.118. The first-order valence-electron chi connectivity index (χ1n) is 6.17. The van der Waals surface area contributed by atoms with Gasteiger partial charge >= 0.3 is 0 Å². The standard InChI is InChI=1S/C13H15N5O.2ClH/c14-13(5-6-13)12(19)17-11-3-1-10(2-4-11)7-18-9-15-8-16-18;;/h1-4,8-9H,5-7,14H2,(H,17,19);2*1H. The molecule has 0 atom stereocenters. The summed E-state index contributed by atoms with van der Waals surface area (Å²) in [5.41, 5.74) is 7.05. The molecule has 3 rings (SSSR count). The fourth-order valence-corrected chi connectivity index (χ4v) is 1.81. The van der Waals surface area contributed by atoms with Gasteiger partial charge in [0, 0.05) is 5.69 Å². The molecule has 1 fully saturated rings. The summed E-state index contributed by atoms with van der Waals surface area (Å²) in [6.07, 6.45) is 4.71. The molecule has 0 radical (unpaired) electrons. The Kier molecular flexibility index (Phi) is 5.71. The lowest BCUT2D eigenvalue weighted by atomic mass is 10.2. The van der Waals surface area contributed by atoms with Crippen molar-refractivity contribution >= 4 is 36.4 Å². The Labute approximate surface area is 134 Å². The molecule has 1 amide bonds. The molecule has 6 nitrogen and oxygen atoms in total. The molecule has 0 bridgehead atoms. The number of halogens is 2. The Morgan fingerprint density at radius 3 is 2.48 bits per heavy atom. The van der Waals surface area contributed by atoms with Crippen LogP contribution in [0.5, 0.6) is 0 Å². The van der Waals surface area contributed by atoms with Crippen molar-refractivity contribution in [2.24, 2.45) is 5.73 Å². The molecule has 1 saturated carbocycles. The van der Waals surface area contributed by atoms with Crippen molar-refractivity contribution in [2.45, 2.75) is 24.9 Å². The molecular weight excluding hydrogens is 313 g/mol. The molecule has 0 aliphatic heterocycles. The van der Waals surface area contributed by atoms with Crippen LogP contribution in [-0.4, -0.2) is 26.2 Å². The maximum absolute atomic E-state index is 11.8. The van der Waals surface area contributed by atoms with Crippen LogP contribution in [0.15, 0.2) is 36.9 Å². The number of carbonyl (C=O) groups is 1. The van der Waals surface area contributed by atoms with Gasteiger partial charge in [-0.15, -0.1) is 24.8 Å². The zero-order valence-electron chi connectivity index (χ0n) is 11.2. The van der Waals surface area contributed by atoms with Crippen molar-refractivity contribution in [1.29, 1.82) is 0 Å². The number of hydrogen-bond acceptors (Lipinski definition) is 4. The number of nitrogens with two attached hydrogens (primary N) is 1. The van der Waals surface area contributed by atoms with Gasteiger partial charge in [0.25, 0.3) is 0 Å². The molecule has 0 spiro atoms. The van der Waals surface area contributed by atoms with Gasteiger partial charge in [-0.2, -0.15) is 5.10 Å². The van der Waals surface area contributed by atoms with Crippen LogP contribution in [0.25, 0.3) is 0 Å². The molecule has 1 aliphatic rings. The molecule has 8 heteroatoms. The van der Waals surface area contributed by atoms with Gasteiger partial charge in [0.2, 0.25) is 5.91 Å². The number of aromatic nitrogens is 3. The summed E-state index contributed by atoms with van der Waals surface area (Å²) in [5.74, 6) is -0.100. The van der Waals surface area contributed by atoms with Crippen LogP contribution in [-0.2, 0) is 11.3 Å². The van der Waals surface area contributed by atoms with E-state index in [0.717, 1.165) is 24.1 Å². The van der Waals surface area contributed by atoms with Crippen molar-refractivity contribution in [1.82, 2.24) is 14.8 Å². The maximum atomic E-state index is 11.8. The lowest BCUT2D eigenvalue weighted by Gasteiger charge is -2.10. The van der Waals surface area contributed by atoms with Gasteiger partial charge < -0.3 is 11.1 Å². The Morgan fingerprint density at radius 2 is 1.95 bits per heavy atom. The van der Waals surface area contributed by atoms with Crippen molar-refractivity contribution in [3.8, 4) is 0 Å². The number of nitrogens with zero attached hydrogens (tertiary/aromatic N) is 3. The molecule has 0 unspecified atom stereocenters. The summed E-state index contributed by atoms with van der Waals surface area (Å²) < 4.78 is 1.74. The number of benzene rings is 1. The maximum Gasteiger partial charge on any atom is 0.244 e. The minimum absolute atomic E-state index is 0. The second-order valence-electron chi connectivity index (χ2n) is 4.90. The third-order valence-corrected chi connectivity index (χ3v) is 3.26. The third-order valence-electron chi connectivity index (χ3n) is 3.26. The molecule has 114 valence electrons. The topological polar surface area (TPSA) is 85.8 Å². The largest absolute Gasteiger partial charge is 0.324 e. The van der Waals surface area contributed by atoms with Crippen molar-refractivity contribution < 1.29 is 4.79 Å². The third kappa shape index (κ3) is 4.17. The molecule has 3 N–H and O–H groups in total. The number of anilines is 1. The first kappa shape index (κ1) is 17.4. The summed E-state index contributed by atoms with van der Waals surface area (Å²) in [6.45, 7) is 0.662. The van der Waals surface area contributed by atoms with E-state index < -0.39 is 5.54 Å². The van der Waals surface area contributed by atoms with Crippen LogP contribution in [0, 0.1) is 0 Å². The highest BCUT2D eigenvalue weighted by atomic mass is 35.5. The molecule has 2 aromatic rings. The van der Waals surface area contributed by atoms with E-state index in [1.165, 1.54) is 6.33 Å². The summed E-state index contributed by atoms with van der Waals surface area (Å²) >= 11 is 0. The highest BCUT2D eigenvalue weighted by molar-refractivity contribution is 6.00. The predicted octanol–water partition coefficient (Wildman–Crippen LogP) is 1.60. The first-order chi connectivity index (χ1) is 9.16. The Balaban J connectivity index is 0.00000110. The van der Waals surface area contributed by atoms with Gasteiger partial charge in [-0.3, -0.25) is 4.79 Å². The number of nitrogens with one attached hydrogen (secondary N) is 1. The van der Waals surface area contributed by atoms with Crippen LogP contribution >= 0.6 is 24.8 Å². The van der Waals surface area contributed by atoms with Gasteiger partial charge in [0.05, 0.1) is 12.1 Å². The van der Waals surface area contributed by atoms with E-state index in [1.54, 1.807) is 11.0 Å². The highest BCUT2D eigenvalue weighted by Crippen LogP contribution is 2.33. The fraction of sp³-hybridized carbons (Fsp3) is 0.308. The average molecular weight is 330 g/mol. The van der Waals surface area contributed by atoms with Crippen LogP contribution in [0.3, 0.4) is 0 Å². The lowest BCUT2D eigenvalue weighted by Crippen LogP contribution is -2.37. The Morgan fingerprint density at radius 1 is 1.29 bits per heavy atom. The van der Waals surface area contributed by atoms with Crippen LogP contribution in [0.2, 0.25) is 0 Å². The average Bonchev–Trinajstić information content (AvgIpc) is 2.96. The second-order valence-corrected chi connectivity index (χ2v) is 4.90. The van der Waals surface area contributed by atoms with Gasteiger partial charge in [-0.1, -0.05) is 12.1 Å². The van der Waals surface area contributed by atoms with Gasteiger partial charge in [0.1, 0.15) is 12.7 Å². The van der Waals surface area contributed by atoms with Crippen molar-refractivity contribution in [2.75, 3.05) is 5.32 Å². The Hall–Kier alpha value is -1.63. The SMILES string of the molecule is Cl.Cl.NC1(C(=O)Nc2ccc(Cn3cncn3)cc2)CC1. The highest BCUT2D eigenvalue weighted by Gasteiger charge is 2.45. The zero-order valence-corrected chi connectivity index (χ0v) is 12.9. The van der Waals surface area contributed by atoms with Crippen molar-refractivity contribution in [3.05, 3.63) is 42.5 Å². The minimum Gasteiger partial charge on any atom is -0.324 e. The number of hydrogen-bond donors (Lipinski definition) is 2. The fourth-order valence-electron chi connectivity index (χ4n) is 1.81. The van der Waals surface area contributed by atoms with Crippen molar-refractivity contribution in [3.63, 3.8) is 0 Å². The smallest absolute Gasteiger partial charge is 0.244 e. The molecule has 1 aromatic carbocycles. The normalized spacial score (nSPS) is 14.5. The van der Waals surface area contributed by atoms with E-state index in [0.29, 0.717) is 6.54 Å². The van der Waals surface area contributed by atoms with Gasteiger partial charge in [-0.05, 0) is 30.5 Å². The molecule has 1 aromatic heterocycles. The van der Waals surface area contributed by atoms with Gasteiger partial charge in [0.15, 0.2) is 0 Å². The summed E-state index contributed by atoms with van der Waals surface area (Å²) in [5, 5.41) is 6.87. The number of amides is 1. The van der Waals surface area contributed by atoms with E-state index >= 15 is 0 Å². The summed E-state index contributed by atoms with van der Waals surface area (Å²) in [7, 11) is 0. The first-order valence-corrected chi connectivity index (χ1v) is 6.17. The number of carbonyl (C=O) groups excluding carboxylic acids is 1. The second kappa shape index (κ2) is 6.89. The van der Waals surface area contributed by atoms with E-state index in [-0.39, 0.29) is 30.7 Å². The Bertz CT molecular complexity index is 581. The molecular formula is C13H17Cl2N5O. The molecule has 1 aliphatic carbocycles.